The van der Waals surface area contributed by atoms with Crippen LogP contribution >= 0.6 is 0 Å². The highest BCUT2D eigenvalue weighted by atomic mass is 16.5. The number of benzene rings is 1. The molecule has 4 heteroatoms. The maximum Gasteiger partial charge on any atom is 0.145 e. The number of ether oxygens (including phenoxy) is 1. The number of nitrogens with one attached hydrogen (secondary N) is 1. The van der Waals surface area contributed by atoms with Crippen molar-refractivity contribution >= 4 is 10.9 Å². The van der Waals surface area contributed by atoms with Crippen molar-refractivity contribution in [3.05, 3.63) is 60.6 Å². The van der Waals surface area contributed by atoms with Gasteiger partial charge < -0.3 is 10.1 Å². The molecule has 21 heavy (non-hydrogen) atoms. The van der Waals surface area contributed by atoms with Gasteiger partial charge in [0, 0.05) is 23.7 Å². The van der Waals surface area contributed by atoms with Crippen LogP contribution in [0.4, 0.5) is 0 Å². The third kappa shape index (κ3) is 3.01. The van der Waals surface area contributed by atoms with Crippen LogP contribution in [0.3, 0.4) is 0 Å². The van der Waals surface area contributed by atoms with E-state index in [2.05, 4.69) is 22.2 Å². The van der Waals surface area contributed by atoms with Crippen molar-refractivity contribution in [3.8, 4) is 11.5 Å². The molecule has 1 aromatic carbocycles. The van der Waals surface area contributed by atoms with Crippen molar-refractivity contribution in [1.29, 1.82) is 0 Å². The molecule has 0 aliphatic rings. The van der Waals surface area contributed by atoms with Gasteiger partial charge in [-0.3, -0.25) is 9.97 Å². The molecule has 2 aromatic heterocycles. The van der Waals surface area contributed by atoms with Gasteiger partial charge in [-0.25, -0.2) is 0 Å². The van der Waals surface area contributed by atoms with Crippen molar-refractivity contribution in [2.45, 2.75) is 13.0 Å². The van der Waals surface area contributed by atoms with Crippen LogP contribution in [-0.2, 0) is 0 Å². The lowest BCUT2D eigenvalue weighted by atomic mass is 10.2. The van der Waals surface area contributed by atoms with E-state index in [4.69, 9.17) is 4.74 Å². The summed E-state index contributed by atoms with van der Waals surface area (Å²) in [6.45, 7) is 2.07. The first-order valence-corrected chi connectivity index (χ1v) is 6.92. The Morgan fingerprint density at radius 3 is 2.67 bits per heavy atom. The topological polar surface area (TPSA) is 47.0 Å². The van der Waals surface area contributed by atoms with Crippen LogP contribution in [0.2, 0.25) is 0 Å². The van der Waals surface area contributed by atoms with Gasteiger partial charge in [0.15, 0.2) is 0 Å². The second-order valence-electron chi connectivity index (χ2n) is 4.89. The fourth-order valence-corrected chi connectivity index (χ4v) is 2.10. The molecule has 2 heterocycles. The molecule has 0 aliphatic heterocycles. The second kappa shape index (κ2) is 5.89. The van der Waals surface area contributed by atoms with Gasteiger partial charge in [0.25, 0.3) is 0 Å². The molecule has 0 amide bonds. The highest BCUT2D eigenvalue weighted by molar-refractivity contribution is 5.79. The SMILES string of the molecule is CNC(C)c1ccc(Oc2ccc3cccnc3c2)cn1. The quantitative estimate of drug-likeness (QED) is 0.791. The summed E-state index contributed by atoms with van der Waals surface area (Å²) in [5.41, 5.74) is 1.91. The van der Waals surface area contributed by atoms with Crippen LogP contribution in [0.15, 0.2) is 54.9 Å². The zero-order chi connectivity index (χ0) is 14.7. The van der Waals surface area contributed by atoms with Crippen molar-refractivity contribution < 1.29 is 4.74 Å². The Kier molecular flexibility index (Phi) is 3.79. The van der Waals surface area contributed by atoms with E-state index >= 15 is 0 Å². The maximum atomic E-state index is 5.83. The first kappa shape index (κ1) is 13.5. The number of rotatable bonds is 4. The van der Waals surface area contributed by atoms with Crippen LogP contribution in [0.25, 0.3) is 10.9 Å². The van der Waals surface area contributed by atoms with E-state index in [0.717, 1.165) is 28.1 Å². The summed E-state index contributed by atoms with van der Waals surface area (Å²) >= 11 is 0. The van der Waals surface area contributed by atoms with Crippen LogP contribution in [-0.4, -0.2) is 17.0 Å². The Bertz CT molecular complexity index is 740. The van der Waals surface area contributed by atoms with Gasteiger partial charge in [-0.1, -0.05) is 6.07 Å². The van der Waals surface area contributed by atoms with Gasteiger partial charge >= 0.3 is 0 Å². The Hall–Kier alpha value is -2.46. The molecule has 1 N–H and O–H groups in total. The van der Waals surface area contributed by atoms with Gasteiger partial charge in [-0.05, 0) is 44.3 Å². The number of fused-ring (bicyclic) bond motifs is 1. The van der Waals surface area contributed by atoms with Crippen LogP contribution in [0, 0.1) is 0 Å². The van der Waals surface area contributed by atoms with Gasteiger partial charge in [0.05, 0.1) is 17.4 Å². The molecule has 0 radical (unpaired) electrons. The maximum absolute atomic E-state index is 5.83. The summed E-state index contributed by atoms with van der Waals surface area (Å²) in [6.07, 6.45) is 3.52. The normalized spacial score (nSPS) is 12.3. The van der Waals surface area contributed by atoms with Crippen LogP contribution in [0.5, 0.6) is 11.5 Å². The van der Waals surface area contributed by atoms with E-state index in [9.17, 15) is 0 Å². The molecular weight excluding hydrogens is 262 g/mol. The zero-order valence-electron chi connectivity index (χ0n) is 12.1. The number of pyridine rings is 2. The summed E-state index contributed by atoms with van der Waals surface area (Å²) in [4.78, 5) is 8.73. The molecule has 0 spiro atoms. The molecule has 0 fully saturated rings. The Morgan fingerprint density at radius 2 is 1.90 bits per heavy atom. The van der Waals surface area contributed by atoms with E-state index in [1.165, 1.54) is 0 Å². The summed E-state index contributed by atoms with van der Waals surface area (Å²) < 4.78 is 5.83. The molecular formula is C17H17N3O. The first-order chi connectivity index (χ1) is 10.3. The predicted octanol–water partition coefficient (Wildman–Crippen LogP) is 3.70. The first-order valence-electron chi connectivity index (χ1n) is 6.92. The van der Waals surface area contributed by atoms with E-state index in [1.54, 1.807) is 12.4 Å². The smallest absolute Gasteiger partial charge is 0.145 e. The summed E-state index contributed by atoms with van der Waals surface area (Å²) in [5, 5.41) is 4.26. The fraction of sp³-hybridized carbons (Fsp3) is 0.176. The Labute approximate surface area is 123 Å². The average molecular weight is 279 g/mol. The number of aromatic nitrogens is 2. The molecule has 106 valence electrons. The van der Waals surface area contributed by atoms with E-state index in [1.807, 2.05) is 49.5 Å². The highest BCUT2D eigenvalue weighted by Gasteiger charge is 2.05. The van der Waals surface area contributed by atoms with Crippen molar-refractivity contribution in [2.24, 2.45) is 0 Å². The molecule has 1 atom stereocenters. The van der Waals surface area contributed by atoms with Crippen LogP contribution in [0.1, 0.15) is 18.7 Å². The minimum atomic E-state index is 0.226. The van der Waals surface area contributed by atoms with Gasteiger partial charge in [-0.2, -0.15) is 0 Å². The van der Waals surface area contributed by atoms with Crippen LogP contribution < -0.4 is 10.1 Å². The Balaban J connectivity index is 1.81. The highest BCUT2D eigenvalue weighted by Crippen LogP contribution is 2.24. The number of hydrogen-bond acceptors (Lipinski definition) is 4. The summed E-state index contributed by atoms with van der Waals surface area (Å²) in [7, 11) is 1.92. The second-order valence-corrected chi connectivity index (χ2v) is 4.89. The van der Waals surface area contributed by atoms with Gasteiger partial charge in [0.1, 0.15) is 11.5 Å². The fourth-order valence-electron chi connectivity index (χ4n) is 2.10. The third-order valence-electron chi connectivity index (χ3n) is 3.45. The number of hydrogen-bond donors (Lipinski definition) is 1. The summed E-state index contributed by atoms with van der Waals surface area (Å²) in [6, 6.07) is 13.9. The lowest BCUT2D eigenvalue weighted by Gasteiger charge is -2.10. The zero-order valence-corrected chi connectivity index (χ0v) is 12.1. The lowest BCUT2D eigenvalue weighted by molar-refractivity contribution is 0.479. The average Bonchev–Trinajstić information content (AvgIpc) is 2.55. The minimum absolute atomic E-state index is 0.226. The molecule has 4 nitrogen and oxygen atoms in total. The minimum Gasteiger partial charge on any atom is -0.456 e. The Morgan fingerprint density at radius 1 is 1.05 bits per heavy atom. The molecule has 0 saturated carbocycles. The summed E-state index contributed by atoms with van der Waals surface area (Å²) in [5.74, 6) is 1.48. The van der Waals surface area contributed by atoms with Crippen molar-refractivity contribution in [1.82, 2.24) is 15.3 Å². The standard InChI is InChI=1S/C17H17N3O/c1-12(18-2)16-8-7-15(11-20-16)21-14-6-5-13-4-3-9-19-17(13)10-14/h3-12,18H,1-2H3. The van der Waals surface area contributed by atoms with E-state index in [-0.39, 0.29) is 6.04 Å². The molecule has 0 saturated heterocycles. The van der Waals surface area contributed by atoms with Gasteiger partial charge in [-0.15, -0.1) is 0 Å². The van der Waals surface area contributed by atoms with Crippen molar-refractivity contribution in [3.63, 3.8) is 0 Å². The monoisotopic (exact) mass is 279 g/mol. The lowest BCUT2D eigenvalue weighted by Crippen LogP contribution is -2.13. The molecule has 0 aliphatic carbocycles. The van der Waals surface area contributed by atoms with Crippen molar-refractivity contribution in [2.75, 3.05) is 7.05 Å². The molecule has 1 unspecified atom stereocenters. The molecule has 0 bridgehead atoms. The van der Waals surface area contributed by atoms with E-state index < -0.39 is 0 Å². The predicted molar refractivity (Wildman–Crippen MR) is 83.5 cm³/mol. The van der Waals surface area contributed by atoms with E-state index in [0.29, 0.717) is 0 Å². The largest absolute Gasteiger partial charge is 0.456 e. The molecule has 3 aromatic rings. The van der Waals surface area contributed by atoms with Gasteiger partial charge in [0.2, 0.25) is 0 Å². The number of nitrogens with zero attached hydrogens (tertiary/aromatic N) is 2. The molecule has 3 rings (SSSR count). The third-order valence-corrected chi connectivity index (χ3v) is 3.45.